The number of hydrogen-bond donors (Lipinski definition) is 3. The van der Waals surface area contributed by atoms with Gasteiger partial charge in [-0.2, -0.15) is 13.2 Å². The molecule has 1 amide bonds. The highest BCUT2D eigenvalue weighted by molar-refractivity contribution is 9.10. The Bertz CT molecular complexity index is 586. The lowest BCUT2D eigenvalue weighted by Crippen LogP contribution is -2.42. The molecule has 0 aliphatic heterocycles. The van der Waals surface area contributed by atoms with Crippen molar-refractivity contribution >= 4 is 33.4 Å². The molecule has 1 aromatic rings. The molecule has 0 heterocycles. The van der Waals surface area contributed by atoms with E-state index in [2.05, 4.69) is 26.4 Å². The van der Waals surface area contributed by atoms with Crippen molar-refractivity contribution in [2.24, 2.45) is 16.3 Å². The number of alkyl halides is 3. The van der Waals surface area contributed by atoms with Gasteiger partial charge in [0, 0.05) is 4.47 Å². The minimum absolute atomic E-state index is 0.225. The third-order valence-electron chi connectivity index (χ3n) is 2.85. The largest absolute Gasteiger partial charge is 0.418 e. The van der Waals surface area contributed by atoms with Gasteiger partial charge in [0.1, 0.15) is 5.41 Å². The maximum atomic E-state index is 12.9. The van der Waals surface area contributed by atoms with Crippen LogP contribution in [0.25, 0.3) is 0 Å². The Balaban J connectivity index is 3.18. The second kappa shape index (κ2) is 5.92. The fourth-order valence-electron chi connectivity index (χ4n) is 1.38. The van der Waals surface area contributed by atoms with Crippen LogP contribution in [0, 0.1) is 5.41 Å². The summed E-state index contributed by atoms with van der Waals surface area (Å²) in [4.78, 5) is 12.0. The SMILES string of the molecule is CC(C)(C(=O)Nc1ccc(Br)cc1C(F)(F)F)C(N)=NO. The summed E-state index contributed by atoms with van der Waals surface area (Å²) in [6.07, 6.45) is -4.63. The molecule has 1 rings (SSSR count). The molecule has 9 heteroatoms. The summed E-state index contributed by atoms with van der Waals surface area (Å²) >= 11 is 2.94. The van der Waals surface area contributed by atoms with E-state index in [0.29, 0.717) is 0 Å². The van der Waals surface area contributed by atoms with Crippen LogP contribution < -0.4 is 11.1 Å². The van der Waals surface area contributed by atoms with Crippen LogP contribution in [0.4, 0.5) is 18.9 Å². The van der Waals surface area contributed by atoms with Gasteiger partial charge in [-0.3, -0.25) is 4.79 Å². The van der Waals surface area contributed by atoms with Crippen molar-refractivity contribution < 1.29 is 23.2 Å². The van der Waals surface area contributed by atoms with Gasteiger partial charge in [-0.15, -0.1) is 0 Å². The number of carbonyl (C=O) groups is 1. The number of halogens is 4. The summed E-state index contributed by atoms with van der Waals surface area (Å²) < 4.78 is 39.0. The summed E-state index contributed by atoms with van der Waals surface area (Å²) in [6, 6.07) is 3.33. The maximum absolute atomic E-state index is 12.9. The number of anilines is 1. The monoisotopic (exact) mass is 367 g/mol. The van der Waals surface area contributed by atoms with E-state index in [1.807, 2.05) is 0 Å². The second-order valence-electron chi connectivity index (χ2n) is 4.75. The number of nitrogens with zero attached hydrogens (tertiary/aromatic N) is 1. The Morgan fingerprint density at radius 1 is 1.38 bits per heavy atom. The predicted octanol–water partition coefficient (Wildman–Crippen LogP) is 3.18. The molecule has 0 aliphatic rings. The fraction of sp³-hybridized carbons (Fsp3) is 0.333. The normalized spacial score (nSPS) is 13.1. The number of amides is 1. The van der Waals surface area contributed by atoms with Crippen LogP contribution in [0.15, 0.2) is 27.8 Å². The molecule has 1 aromatic carbocycles. The number of rotatable bonds is 3. The van der Waals surface area contributed by atoms with Crippen molar-refractivity contribution in [3.63, 3.8) is 0 Å². The molecule has 0 unspecified atom stereocenters. The Labute approximate surface area is 127 Å². The number of nitrogens with two attached hydrogens (primary N) is 1. The summed E-state index contributed by atoms with van der Waals surface area (Å²) in [5.74, 6) is -1.24. The van der Waals surface area contributed by atoms with E-state index in [4.69, 9.17) is 10.9 Å². The van der Waals surface area contributed by atoms with Crippen molar-refractivity contribution in [3.05, 3.63) is 28.2 Å². The van der Waals surface area contributed by atoms with E-state index in [1.54, 1.807) is 0 Å². The van der Waals surface area contributed by atoms with Gasteiger partial charge in [-0.05, 0) is 32.0 Å². The molecule has 0 saturated heterocycles. The Hall–Kier alpha value is -1.77. The highest BCUT2D eigenvalue weighted by atomic mass is 79.9. The van der Waals surface area contributed by atoms with Gasteiger partial charge in [-0.1, -0.05) is 21.1 Å². The molecule has 4 N–H and O–H groups in total. The van der Waals surface area contributed by atoms with Crippen molar-refractivity contribution in [3.8, 4) is 0 Å². The first-order valence-corrected chi connectivity index (χ1v) is 6.45. The lowest BCUT2D eigenvalue weighted by molar-refractivity contribution is -0.137. The smallest absolute Gasteiger partial charge is 0.409 e. The second-order valence-corrected chi connectivity index (χ2v) is 5.67. The topological polar surface area (TPSA) is 87.7 Å². The molecule has 21 heavy (non-hydrogen) atoms. The highest BCUT2D eigenvalue weighted by Gasteiger charge is 2.37. The van der Waals surface area contributed by atoms with Crippen LogP contribution in [-0.2, 0) is 11.0 Å². The fourth-order valence-corrected chi connectivity index (χ4v) is 1.74. The minimum atomic E-state index is -4.63. The molecule has 0 fully saturated rings. The molecule has 0 aromatic heterocycles. The van der Waals surface area contributed by atoms with Crippen LogP contribution >= 0.6 is 15.9 Å². The van der Waals surface area contributed by atoms with Crippen LogP contribution in [0.3, 0.4) is 0 Å². The minimum Gasteiger partial charge on any atom is -0.409 e. The van der Waals surface area contributed by atoms with Gasteiger partial charge in [0.15, 0.2) is 5.84 Å². The van der Waals surface area contributed by atoms with Gasteiger partial charge in [-0.25, -0.2) is 0 Å². The molecular weight excluding hydrogens is 355 g/mol. The molecule has 116 valence electrons. The highest BCUT2D eigenvalue weighted by Crippen LogP contribution is 2.37. The number of oxime groups is 1. The zero-order chi connectivity index (χ0) is 16.4. The van der Waals surface area contributed by atoms with Crippen LogP contribution in [0.2, 0.25) is 0 Å². The lowest BCUT2D eigenvalue weighted by Gasteiger charge is -2.23. The van der Waals surface area contributed by atoms with E-state index in [0.717, 1.165) is 12.1 Å². The average Bonchev–Trinajstić information content (AvgIpc) is 2.38. The summed E-state index contributed by atoms with van der Waals surface area (Å²) in [6.45, 7) is 2.65. The molecule has 5 nitrogen and oxygen atoms in total. The van der Waals surface area contributed by atoms with Gasteiger partial charge in [0.25, 0.3) is 0 Å². The quantitative estimate of drug-likeness (QED) is 0.331. The number of carbonyl (C=O) groups excluding carboxylic acids is 1. The summed E-state index contributed by atoms with van der Waals surface area (Å²) in [5.41, 5.74) is 2.49. The van der Waals surface area contributed by atoms with E-state index in [9.17, 15) is 18.0 Å². The van der Waals surface area contributed by atoms with E-state index in [1.165, 1.54) is 19.9 Å². The molecule has 0 spiro atoms. The standard InChI is InChI=1S/C12H13BrF3N3O2/c1-11(2,9(17)19-21)10(20)18-8-4-3-6(13)5-7(8)12(14,15)16/h3-5,21H,1-2H3,(H2,17,19)(H,18,20). The van der Waals surface area contributed by atoms with E-state index in [-0.39, 0.29) is 4.47 Å². The molecular formula is C12H13BrF3N3O2. The molecule has 0 saturated carbocycles. The third-order valence-corrected chi connectivity index (χ3v) is 3.34. The van der Waals surface area contributed by atoms with Crippen molar-refractivity contribution in [2.45, 2.75) is 20.0 Å². The molecule has 0 aliphatic carbocycles. The molecule has 0 radical (unpaired) electrons. The predicted molar refractivity (Wildman–Crippen MR) is 75.0 cm³/mol. The van der Waals surface area contributed by atoms with Crippen LogP contribution in [0.5, 0.6) is 0 Å². The van der Waals surface area contributed by atoms with Gasteiger partial charge in [0.05, 0.1) is 11.3 Å². The lowest BCUT2D eigenvalue weighted by atomic mass is 9.90. The first kappa shape index (κ1) is 17.3. The van der Waals surface area contributed by atoms with Crippen LogP contribution in [-0.4, -0.2) is 17.0 Å². The average molecular weight is 368 g/mol. The zero-order valence-electron chi connectivity index (χ0n) is 11.1. The first-order chi connectivity index (χ1) is 9.50. The molecule has 0 bridgehead atoms. The van der Waals surface area contributed by atoms with Crippen molar-refractivity contribution in [1.82, 2.24) is 0 Å². The van der Waals surface area contributed by atoms with Gasteiger partial charge < -0.3 is 16.3 Å². The number of nitrogens with one attached hydrogen (secondary N) is 1. The van der Waals surface area contributed by atoms with Gasteiger partial charge >= 0.3 is 6.18 Å². The Morgan fingerprint density at radius 2 is 1.95 bits per heavy atom. The van der Waals surface area contributed by atoms with E-state index >= 15 is 0 Å². The van der Waals surface area contributed by atoms with Crippen molar-refractivity contribution in [1.29, 1.82) is 0 Å². The summed E-state index contributed by atoms with van der Waals surface area (Å²) in [5, 5.41) is 13.5. The zero-order valence-corrected chi connectivity index (χ0v) is 12.7. The summed E-state index contributed by atoms with van der Waals surface area (Å²) in [7, 11) is 0. The maximum Gasteiger partial charge on any atom is 0.418 e. The number of benzene rings is 1. The van der Waals surface area contributed by atoms with Crippen molar-refractivity contribution in [2.75, 3.05) is 5.32 Å². The number of amidine groups is 1. The third kappa shape index (κ3) is 3.87. The number of hydrogen-bond acceptors (Lipinski definition) is 3. The Morgan fingerprint density at radius 3 is 2.43 bits per heavy atom. The molecule has 0 atom stereocenters. The van der Waals surface area contributed by atoms with Gasteiger partial charge in [0.2, 0.25) is 5.91 Å². The first-order valence-electron chi connectivity index (χ1n) is 5.66. The van der Waals surface area contributed by atoms with Crippen LogP contribution in [0.1, 0.15) is 19.4 Å². The van der Waals surface area contributed by atoms with E-state index < -0.39 is 34.6 Å². The Kier molecular flexibility index (Phi) is 4.87.